The molecule has 1 heterocycles. The molecule has 1 aromatic heterocycles. The Hall–Kier alpha value is -3.07. The van der Waals surface area contributed by atoms with Gasteiger partial charge in [0.05, 0.1) is 0 Å². The standard InChI is InChI=1S/C33H32N.C15H28O2.Ir/c1-31(2)20-32(3,4)29-19-34-30(16-28(29)31)26-11-7-10-23-24(26)12-13-27-25(23)14-15-33(27)17-21-8-5-6-9-22(21)18-33;1-7-14(5,8-2)12(16)11-13(17)15(6,9-3)10-4;/h5-10,12-13,16,19H,14-15,17-18,20H2,1-4H3;11,16H,7-10H2,1-6H3;/q-1;;/b;12-11-;. The van der Waals surface area contributed by atoms with Crippen molar-refractivity contribution in [3.63, 3.8) is 0 Å². The quantitative estimate of drug-likeness (QED) is 0.109. The number of hydrogen-bond acceptors (Lipinski definition) is 3. The number of hydrogen-bond donors (Lipinski definition) is 1. The summed E-state index contributed by atoms with van der Waals surface area (Å²) in [5, 5.41) is 12.8. The number of carbonyl (C=O) groups excluding carboxylic acids is 1. The molecule has 1 spiro atoms. The molecule has 0 saturated carbocycles. The fourth-order valence-corrected chi connectivity index (χ4v) is 9.57. The van der Waals surface area contributed by atoms with Crippen LogP contribution in [0.3, 0.4) is 0 Å². The van der Waals surface area contributed by atoms with Crippen LogP contribution in [0.2, 0.25) is 0 Å². The van der Waals surface area contributed by atoms with Crippen molar-refractivity contribution in [2.24, 2.45) is 10.8 Å². The van der Waals surface area contributed by atoms with Crippen molar-refractivity contribution in [1.29, 1.82) is 0 Å². The second-order valence-corrected chi connectivity index (χ2v) is 17.8. The van der Waals surface area contributed by atoms with E-state index >= 15 is 0 Å². The maximum absolute atomic E-state index is 12.2. The van der Waals surface area contributed by atoms with Gasteiger partial charge in [-0.1, -0.05) is 128 Å². The van der Waals surface area contributed by atoms with Crippen molar-refractivity contribution >= 4 is 16.6 Å². The molecule has 3 aliphatic rings. The molecule has 3 aromatic carbocycles. The average Bonchev–Trinajstić information content (AvgIpc) is 3.75. The molecule has 3 nitrogen and oxygen atoms in total. The van der Waals surface area contributed by atoms with Crippen LogP contribution in [0.4, 0.5) is 0 Å². The van der Waals surface area contributed by atoms with Crippen molar-refractivity contribution in [2.45, 2.75) is 143 Å². The first-order valence-corrected chi connectivity index (χ1v) is 19.6. The Bertz CT molecular complexity index is 1970. The third-order valence-corrected chi connectivity index (χ3v) is 13.8. The number of aliphatic hydroxyl groups is 1. The van der Waals surface area contributed by atoms with Gasteiger partial charge in [0.1, 0.15) is 5.76 Å². The van der Waals surface area contributed by atoms with E-state index in [1.165, 1.54) is 53.7 Å². The molecule has 4 aromatic rings. The number of aromatic nitrogens is 1. The zero-order valence-electron chi connectivity index (χ0n) is 33.4. The van der Waals surface area contributed by atoms with Crippen LogP contribution in [0, 0.1) is 16.9 Å². The zero-order chi connectivity index (χ0) is 37.0. The van der Waals surface area contributed by atoms with Gasteiger partial charge in [-0.3, -0.25) is 4.79 Å². The topological polar surface area (TPSA) is 50.2 Å². The summed E-state index contributed by atoms with van der Waals surface area (Å²) in [7, 11) is 0. The van der Waals surface area contributed by atoms with Crippen molar-refractivity contribution < 1.29 is 30.0 Å². The van der Waals surface area contributed by atoms with E-state index in [4.69, 9.17) is 4.98 Å². The summed E-state index contributed by atoms with van der Waals surface area (Å²) >= 11 is 0. The predicted molar refractivity (Wildman–Crippen MR) is 214 cm³/mol. The molecule has 7 rings (SSSR count). The molecule has 3 aliphatic carbocycles. The Morgan fingerprint density at radius 1 is 0.827 bits per heavy atom. The van der Waals surface area contributed by atoms with Crippen LogP contribution in [-0.4, -0.2) is 15.9 Å². The zero-order valence-corrected chi connectivity index (χ0v) is 35.7. The Balaban J connectivity index is 0.000000250. The molecule has 1 radical (unpaired) electrons. The summed E-state index contributed by atoms with van der Waals surface area (Å²) in [5.41, 5.74) is 11.4. The van der Waals surface area contributed by atoms with Gasteiger partial charge in [0.15, 0.2) is 5.78 Å². The maximum Gasteiger partial charge on any atom is 0.164 e. The van der Waals surface area contributed by atoms with Crippen LogP contribution >= 0.6 is 0 Å². The number of aliphatic hydroxyl groups excluding tert-OH is 1. The third kappa shape index (κ3) is 6.88. The Morgan fingerprint density at radius 3 is 2.02 bits per heavy atom. The summed E-state index contributed by atoms with van der Waals surface area (Å²) in [5.74, 6) is 0.286. The van der Waals surface area contributed by atoms with E-state index in [1.807, 2.05) is 41.5 Å². The Kier molecular flexibility index (Phi) is 11.3. The number of carbonyl (C=O) groups is 1. The monoisotopic (exact) mass is 875 g/mol. The maximum atomic E-state index is 12.2. The van der Waals surface area contributed by atoms with Gasteiger partial charge in [-0.25, -0.2) is 0 Å². The van der Waals surface area contributed by atoms with E-state index in [-0.39, 0.29) is 58.7 Å². The molecule has 0 unspecified atom stereocenters. The van der Waals surface area contributed by atoms with Gasteiger partial charge in [-0.05, 0) is 102 Å². The third-order valence-electron chi connectivity index (χ3n) is 13.8. The van der Waals surface area contributed by atoms with Gasteiger partial charge < -0.3 is 10.1 Å². The summed E-state index contributed by atoms with van der Waals surface area (Å²) in [6, 6.07) is 24.2. The van der Waals surface area contributed by atoms with E-state index in [0.29, 0.717) is 0 Å². The molecule has 4 heteroatoms. The molecular formula is C48H60IrNO2-. The second-order valence-electron chi connectivity index (χ2n) is 17.8. The summed E-state index contributed by atoms with van der Waals surface area (Å²) in [4.78, 5) is 17.2. The minimum Gasteiger partial charge on any atom is -0.512 e. The first-order chi connectivity index (χ1) is 24.1. The Morgan fingerprint density at radius 2 is 1.42 bits per heavy atom. The van der Waals surface area contributed by atoms with Crippen molar-refractivity contribution in [3.05, 3.63) is 112 Å². The largest absolute Gasteiger partial charge is 0.512 e. The molecule has 1 N–H and O–H groups in total. The molecule has 0 aliphatic heterocycles. The van der Waals surface area contributed by atoms with Gasteiger partial charge in [0.25, 0.3) is 0 Å². The van der Waals surface area contributed by atoms with Crippen molar-refractivity contribution in [2.75, 3.05) is 0 Å². The molecule has 52 heavy (non-hydrogen) atoms. The van der Waals surface area contributed by atoms with Gasteiger partial charge in [0, 0.05) is 48.6 Å². The molecule has 0 bridgehead atoms. The Labute approximate surface area is 327 Å². The van der Waals surface area contributed by atoms with E-state index in [0.717, 1.165) is 43.4 Å². The normalized spacial score (nSPS) is 17.9. The van der Waals surface area contributed by atoms with E-state index in [1.54, 1.807) is 22.3 Å². The summed E-state index contributed by atoms with van der Waals surface area (Å²) in [6.45, 7) is 21.5. The second kappa shape index (κ2) is 14.6. The van der Waals surface area contributed by atoms with Gasteiger partial charge in [-0.2, -0.15) is 0 Å². The molecule has 279 valence electrons. The van der Waals surface area contributed by atoms with Crippen molar-refractivity contribution in [3.8, 4) is 11.3 Å². The number of allylic oxidation sites excluding steroid dienone is 2. The number of rotatable bonds is 8. The minimum absolute atomic E-state index is 0. The van der Waals surface area contributed by atoms with Crippen LogP contribution in [-0.2, 0) is 60.4 Å². The summed E-state index contributed by atoms with van der Waals surface area (Å²) < 4.78 is 0. The summed E-state index contributed by atoms with van der Waals surface area (Å²) in [6.07, 6.45) is 12.9. The van der Waals surface area contributed by atoms with Gasteiger partial charge in [0.2, 0.25) is 0 Å². The van der Waals surface area contributed by atoms with Crippen LogP contribution in [0.5, 0.6) is 0 Å². The van der Waals surface area contributed by atoms with E-state index in [2.05, 4.69) is 94.6 Å². The average molecular weight is 875 g/mol. The smallest absolute Gasteiger partial charge is 0.164 e. The predicted octanol–water partition coefficient (Wildman–Crippen LogP) is 12.3. The molecule has 0 atom stereocenters. The number of nitrogens with zero attached hydrogens (tertiary/aromatic N) is 1. The number of pyridine rings is 1. The van der Waals surface area contributed by atoms with E-state index < -0.39 is 0 Å². The fraction of sp³-hybridized carbons (Fsp3) is 0.500. The fourth-order valence-electron chi connectivity index (χ4n) is 9.57. The molecule has 0 amide bonds. The number of ketones is 1. The van der Waals surface area contributed by atoms with Gasteiger partial charge >= 0.3 is 0 Å². The first kappa shape index (κ1) is 40.1. The minimum atomic E-state index is -0.337. The number of aryl methyl sites for hydroxylation is 1. The molecule has 0 saturated heterocycles. The van der Waals surface area contributed by atoms with Gasteiger partial charge in [-0.15, -0.1) is 23.8 Å². The number of benzene rings is 3. The first-order valence-electron chi connectivity index (χ1n) is 19.6. The molecule has 0 fully saturated rings. The van der Waals surface area contributed by atoms with Crippen LogP contribution in [0.15, 0.2) is 72.6 Å². The van der Waals surface area contributed by atoms with Crippen molar-refractivity contribution in [1.82, 2.24) is 4.98 Å². The van der Waals surface area contributed by atoms with Crippen LogP contribution in [0.25, 0.3) is 22.0 Å². The van der Waals surface area contributed by atoms with Crippen LogP contribution < -0.4 is 0 Å². The molecular weight excluding hydrogens is 815 g/mol. The number of fused-ring (bicyclic) bond motifs is 6. The van der Waals surface area contributed by atoms with E-state index in [9.17, 15) is 9.90 Å². The SMILES string of the molecule is CC1(C)CC(C)(C)c2cc(-c3[c-]ccc4c5c(ccc34)C3(CC5)Cc4ccccc4C3)ncc21.CCC(C)(CC)C(=O)/C=C(\O)C(C)(CC)CC.[Ir]. The van der Waals surface area contributed by atoms with Crippen LogP contribution in [0.1, 0.15) is 141 Å².